The molecule has 0 aliphatic heterocycles. The number of hydrogen-bond donors (Lipinski definition) is 0. The molecule has 0 atom stereocenters. The molecule has 0 bridgehead atoms. The van der Waals surface area contributed by atoms with Crippen LogP contribution in [0.2, 0.25) is 0 Å². The lowest BCUT2D eigenvalue weighted by Crippen LogP contribution is -2.27. The lowest BCUT2D eigenvalue weighted by atomic mass is 10.2. The Labute approximate surface area is 111 Å². The normalized spacial score (nSPS) is 11.4. The van der Waals surface area contributed by atoms with E-state index in [1.807, 2.05) is 0 Å². The molecule has 1 aromatic heterocycles. The molecule has 0 N–H and O–H groups in total. The number of rotatable bonds is 4. The highest BCUT2D eigenvalue weighted by atomic mass is 32.2. The predicted octanol–water partition coefficient (Wildman–Crippen LogP) is 1.24. The molecule has 0 aliphatic rings. The Kier molecular flexibility index (Phi) is 3.80. The summed E-state index contributed by atoms with van der Waals surface area (Å²) in [5.41, 5.74) is 0.0662. The second-order valence-corrected chi connectivity index (χ2v) is 5.97. The van der Waals surface area contributed by atoms with E-state index in [2.05, 4.69) is 4.98 Å². The molecule has 19 heavy (non-hydrogen) atoms. The molecule has 0 amide bonds. The van der Waals surface area contributed by atoms with Gasteiger partial charge in [-0.05, 0) is 12.5 Å². The van der Waals surface area contributed by atoms with Crippen molar-refractivity contribution in [2.45, 2.75) is 24.2 Å². The Morgan fingerprint density at radius 2 is 1.89 bits per heavy atom. The molecule has 2 rings (SSSR count). The van der Waals surface area contributed by atoms with Crippen LogP contribution in [-0.4, -0.2) is 18.0 Å². The van der Waals surface area contributed by atoms with Crippen LogP contribution in [0.4, 0.5) is 0 Å². The summed E-state index contributed by atoms with van der Waals surface area (Å²) in [5.74, 6) is -0.218. The van der Waals surface area contributed by atoms with Crippen molar-refractivity contribution in [1.82, 2.24) is 9.55 Å². The first-order valence-corrected chi connectivity index (χ1v) is 7.52. The highest BCUT2D eigenvalue weighted by molar-refractivity contribution is 7.90. The number of aromatic nitrogens is 2. The fraction of sp³-hybridized carbons (Fsp3) is 0.231. The average molecular weight is 278 g/mol. The largest absolute Gasteiger partial charge is 0.312 e. The molecule has 2 aromatic rings. The molecule has 0 fully saturated rings. The lowest BCUT2D eigenvalue weighted by molar-refractivity contribution is 0.583. The SMILES string of the molecule is CCn1ccnc(S(=O)(=O)Cc2ccccc2)c1=O. The van der Waals surface area contributed by atoms with Gasteiger partial charge in [0.1, 0.15) is 0 Å². The molecule has 0 aliphatic carbocycles. The van der Waals surface area contributed by atoms with Crippen molar-refractivity contribution in [2.75, 3.05) is 0 Å². The van der Waals surface area contributed by atoms with Crippen molar-refractivity contribution in [3.05, 3.63) is 58.6 Å². The highest BCUT2D eigenvalue weighted by Crippen LogP contribution is 2.10. The van der Waals surface area contributed by atoms with E-state index in [1.54, 1.807) is 37.3 Å². The molecule has 1 aromatic carbocycles. The van der Waals surface area contributed by atoms with E-state index in [9.17, 15) is 13.2 Å². The fourth-order valence-electron chi connectivity index (χ4n) is 1.75. The van der Waals surface area contributed by atoms with Gasteiger partial charge >= 0.3 is 0 Å². The summed E-state index contributed by atoms with van der Waals surface area (Å²) in [6.07, 6.45) is 2.81. The van der Waals surface area contributed by atoms with Crippen LogP contribution >= 0.6 is 0 Å². The van der Waals surface area contributed by atoms with Gasteiger partial charge in [0.15, 0.2) is 0 Å². The number of aryl methyl sites for hydroxylation is 1. The van der Waals surface area contributed by atoms with Gasteiger partial charge in [-0.15, -0.1) is 0 Å². The van der Waals surface area contributed by atoms with Crippen LogP contribution in [0.25, 0.3) is 0 Å². The quantitative estimate of drug-likeness (QED) is 0.843. The van der Waals surface area contributed by atoms with E-state index in [0.29, 0.717) is 12.1 Å². The minimum absolute atomic E-state index is 0.218. The Morgan fingerprint density at radius 1 is 1.21 bits per heavy atom. The summed E-state index contributed by atoms with van der Waals surface area (Å²) < 4.78 is 25.8. The standard InChI is InChI=1S/C13H14N2O3S/c1-2-15-9-8-14-12(13(15)16)19(17,18)10-11-6-4-3-5-7-11/h3-9H,2,10H2,1H3. The molecule has 0 radical (unpaired) electrons. The summed E-state index contributed by atoms with van der Waals surface area (Å²) in [5, 5.41) is -0.388. The van der Waals surface area contributed by atoms with E-state index in [1.165, 1.54) is 17.0 Å². The van der Waals surface area contributed by atoms with Gasteiger partial charge in [0.2, 0.25) is 14.9 Å². The summed E-state index contributed by atoms with van der Waals surface area (Å²) in [7, 11) is -3.72. The smallest absolute Gasteiger partial charge is 0.288 e. The minimum Gasteiger partial charge on any atom is -0.312 e. The van der Waals surface area contributed by atoms with Crippen molar-refractivity contribution in [3.63, 3.8) is 0 Å². The van der Waals surface area contributed by atoms with Crippen molar-refractivity contribution in [1.29, 1.82) is 0 Å². The molecular weight excluding hydrogens is 264 g/mol. The van der Waals surface area contributed by atoms with Crippen LogP contribution in [0.1, 0.15) is 12.5 Å². The number of benzene rings is 1. The van der Waals surface area contributed by atoms with Crippen molar-refractivity contribution in [2.24, 2.45) is 0 Å². The molecule has 6 heteroatoms. The number of nitrogens with zero attached hydrogens (tertiary/aromatic N) is 2. The predicted molar refractivity (Wildman–Crippen MR) is 71.5 cm³/mol. The summed E-state index contributed by atoms with van der Waals surface area (Å²) in [6, 6.07) is 8.74. The molecule has 0 unspecified atom stereocenters. The zero-order valence-electron chi connectivity index (χ0n) is 10.5. The van der Waals surface area contributed by atoms with E-state index in [-0.39, 0.29) is 10.8 Å². The van der Waals surface area contributed by atoms with Gasteiger partial charge in [-0.3, -0.25) is 4.79 Å². The molecular formula is C13H14N2O3S. The van der Waals surface area contributed by atoms with Crippen LogP contribution in [0.3, 0.4) is 0 Å². The van der Waals surface area contributed by atoms with Gasteiger partial charge in [-0.25, -0.2) is 13.4 Å². The molecule has 0 spiro atoms. The Bertz CT molecular complexity index is 721. The third kappa shape index (κ3) is 2.90. The van der Waals surface area contributed by atoms with Gasteiger partial charge < -0.3 is 4.57 Å². The first-order valence-electron chi connectivity index (χ1n) is 5.86. The minimum atomic E-state index is -3.72. The van der Waals surface area contributed by atoms with E-state index in [0.717, 1.165) is 0 Å². The van der Waals surface area contributed by atoms with Gasteiger partial charge in [0.25, 0.3) is 5.56 Å². The molecule has 100 valence electrons. The molecule has 5 nitrogen and oxygen atoms in total. The number of sulfone groups is 1. The maximum Gasteiger partial charge on any atom is 0.288 e. The van der Waals surface area contributed by atoms with Crippen LogP contribution in [0.5, 0.6) is 0 Å². The Hall–Kier alpha value is -1.95. The second-order valence-electron chi connectivity index (χ2n) is 4.07. The summed E-state index contributed by atoms with van der Waals surface area (Å²) >= 11 is 0. The number of hydrogen-bond acceptors (Lipinski definition) is 4. The van der Waals surface area contributed by atoms with Crippen LogP contribution in [0, 0.1) is 0 Å². The van der Waals surface area contributed by atoms with Gasteiger partial charge in [-0.2, -0.15) is 0 Å². The van der Waals surface area contributed by atoms with Gasteiger partial charge in [-0.1, -0.05) is 30.3 Å². The maximum atomic E-state index is 12.2. The van der Waals surface area contributed by atoms with Crippen LogP contribution in [0.15, 0.2) is 52.5 Å². The highest BCUT2D eigenvalue weighted by Gasteiger charge is 2.21. The lowest BCUT2D eigenvalue weighted by Gasteiger charge is -2.06. The monoisotopic (exact) mass is 278 g/mol. The van der Waals surface area contributed by atoms with Gasteiger partial charge in [0, 0.05) is 18.9 Å². The molecule has 0 saturated carbocycles. The summed E-state index contributed by atoms with van der Waals surface area (Å²) in [6.45, 7) is 2.18. The van der Waals surface area contributed by atoms with E-state index >= 15 is 0 Å². The second kappa shape index (κ2) is 5.36. The van der Waals surface area contributed by atoms with Crippen molar-refractivity contribution >= 4 is 9.84 Å². The zero-order chi connectivity index (χ0) is 13.9. The van der Waals surface area contributed by atoms with Gasteiger partial charge in [0.05, 0.1) is 5.75 Å². The zero-order valence-corrected chi connectivity index (χ0v) is 11.3. The van der Waals surface area contributed by atoms with E-state index in [4.69, 9.17) is 0 Å². The third-order valence-corrected chi connectivity index (χ3v) is 4.30. The van der Waals surface area contributed by atoms with Crippen molar-refractivity contribution in [3.8, 4) is 0 Å². The maximum absolute atomic E-state index is 12.2. The average Bonchev–Trinajstić information content (AvgIpc) is 2.39. The van der Waals surface area contributed by atoms with Crippen LogP contribution < -0.4 is 5.56 Å². The van der Waals surface area contributed by atoms with Crippen LogP contribution in [-0.2, 0) is 22.1 Å². The topological polar surface area (TPSA) is 69.0 Å². The third-order valence-electron chi connectivity index (χ3n) is 2.72. The van der Waals surface area contributed by atoms with Crippen molar-refractivity contribution < 1.29 is 8.42 Å². The fourth-order valence-corrected chi connectivity index (χ4v) is 3.12. The molecule has 0 saturated heterocycles. The summed E-state index contributed by atoms with van der Waals surface area (Å²) in [4.78, 5) is 15.7. The Balaban J connectivity index is 2.44. The first kappa shape index (κ1) is 13.5. The first-order chi connectivity index (χ1) is 9.04. The Morgan fingerprint density at radius 3 is 2.53 bits per heavy atom. The molecule has 1 heterocycles. The van der Waals surface area contributed by atoms with E-state index < -0.39 is 15.4 Å².